The van der Waals surface area contributed by atoms with Crippen LogP contribution >= 0.6 is 0 Å². The summed E-state index contributed by atoms with van der Waals surface area (Å²) in [6.07, 6.45) is 27.1. The second-order valence-electron chi connectivity index (χ2n) is 12.9. The highest BCUT2D eigenvalue weighted by Crippen LogP contribution is 2.25. The molecule has 7 heteroatoms. The van der Waals surface area contributed by atoms with Gasteiger partial charge in [0, 0.05) is 0 Å². The molecule has 0 aliphatic rings. The number of quaternary nitrogens is 1. The Balaban J connectivity index is 4.64. The Kier molecular flexibility index (Phi) is 25.3. The third-order valence-corrected chi connectivity index (χ3v) is 9.24. The van der Waals surface area contributed by atoms with Gasteiger partial charge in [0.2, 0.25) is 0 Å². The Morgan fingerprint density at radius 2 is 0.791 bits per heavy atom. The van der Waals surface area contributed by atoms with Gasteiger partial charge in [0.05, 0.1) is 26.2 Å². The first-order valence-electron chi connectivity index (χ1n) is 17.8. The molecule has 7 nitrogen and oxygen atoms in total. The second kappa shape index (κ2) is 26.5. The van der Waals surface area contributed by atoms with Crippen LogP contribution in [0.5, 0.6) is 0 Å². The molecule has 0 aromatic heterocycles. The molecular weight excluding hydrogens is 542 g/mol. The van der Waals surface area contributed by atoms with E-state index in [-0.39, 0.29) is 24.1 Å². The van der Waals surface area contributed by atoms with Crippen molar-refractivity contribution >= 4 is 17.9 Å². The molecule has 3 atom stereocenters. The smallest absolute Gasteiger partial charge is 0.312 e. The largest absolute Gasteiger partial charge is 0.481 e. The highest BCUT2D eigenvalue weighted by Gasteiger charge is 2.40. The lowest BCUT2D eigenvalue weighted by Crippen LogP contribution is -2.58. The van der Waals surface area contributed by atoms with Crippen molar-refractivity contribution in [3.8, 4) is 0 Å². The zero-order chi connectivity index (χ0) is 32.3. The number of carboxylic acids is 3. The molecule has 0 rings (SSSR count). The van der Waals surface area contributed by atoms with Crippen LogP contribution in [-0.2, 0) is 14.4 Å². The number of nitrogens with zero attached hydrogens (tertiary/aromatic N) is 1. The summed E-state index contributed by atoms with van der Waals surface area (Å²) < 4.78 is 0.258. The monoisotopic (exact) mass is 611 g/mol. The second-order valence-corrected chi connectivity index (χ2v) is 12.9. The minimum Gasteiger partial charge on any atom is -0.481 e. The first-order chi connectivity index (χ1) is 20.7. The molecule has 3 N–H and O–H groups in total. The molecule has 252 valence electrons. The Bertz CT molecular complexity index is 692. The molecule has 0 fully saturated rings. The third kappa shape index (κ3) is 20.7. The van der Waals surface area contributed by atoms with Crippen LogP contribution in [0.2, 0.25) is 0 Å². The molecule has 3 unspecified atom stereocenters. The van der Waals surface area contributed by atoms with Gasteiger partial charge in [0.15, 0.2) is 0 Å². The number of hydrogen-bond donors (Lipinski definition) is 3. The molecule has 0 bridgehead atoms. The SMILES string of the molecule is CCCCCCCC/C=C/CCCCCCCCCCC[N+](CC(CC)C(=O)O)(CC(CC)C(=O)O)CC(CC)C(=O)O. The number of unbranched alkanes of at least 4 members (excludes halogenated alkanes) is 15. The van der Waals surface area contributed by atoms with E-state index in [0.717, 1.165) is 19.3 Å². The van der Waals surface area contributed by atoms with Crippen LogP contribution in [0.1, 0.15) is 156 Å². The molecule has 0 heterocycles. The van der Waals surface area contributed by atoms with Crippen molar-refractivity contribution in [3.63, 3.8) is 0 Å². The predicted octanol–water partition coefficient (Wildman–Crippen LogP) is 9.34. The van der Waals surface area contributed by atoms with Crippen LogP contribution < -0.4 is 0 Å². The quantitative estimate of drug-likeness (QED) is 0.0410. The van der Waals surface area contributed by atoms with Gasteiger partial charge in [-0.1, -0.05) is 110 Å². The molecule has 0 aromatic rings. The molecule has 0 saturated carbocycles. The zero-order valence-electron chi connectivity index (χ0n) is 28.4. The average Bonchev–Trinajstić information content (AvgIpc) is 2.98. The molecular formula is C36H68NO6+. The summed E-state index contributed by atoms with van der Waals surface area (Å²) in [5.74, 6) is -4.52. The number of rotatable bonds is 31. The van der Waals surface area contributed by atoms with Crippen LogP contribution in [0.25, 0.3) is 0 Å². The van der Waals surface area contributed by atoms with Crippen molar-refractivity contribution < 1.29 is 34.2 Å². The van der Waals surface area contributed by atoms with Gasteiger partial charge in [-0.2, -0.15) is 0 Å². The van der Waals surface area contributed by atoms with E-state index in [4.69, 9.17) is 0 Å². The van der Waals surface area contributed by atoms with Gasteiger partial charge >= 0.3 is 17.9 Å². The van der Waals surface area contributed by atoms with E-state index in [1.54, 1.807) is 0 Å². The van der Waals surface area contributed by atoms with Gasteiger partial charge in [-0.25, -0.2) is 0 Å². The van der Waals surface area contributed by atoms with Gasteiger partial charge in [0.25, 0.3) is 0 Å². The van der Waals surface area contributed by atoms with Gasteiger partial charge in [-0.3, -0.25) is 14.4 Å². The fraction of sp³-hybridized carbons (Fsp3) is 0.861. The van der Waals surface area contributed by atoms with Crippen LogP contribution in [0.4, 0.5) is 0 Å². The normalized spacial score (nSPS) is 15.3. The summed E-state index contributed by atoms with van der Waals surface area (Å²) in [5, 5.41) is 29.5. The Morgan fingerprint density at radius 1 is 0.488 bits per heavy atom. The first kappa shape index (κ1) is 41.1. The maximum atomic E-state index is 12.0. The number of hydrogen-bond acceptors (Lipinski definition) is 3. The van der Waals surface area contributed by atoms with E-state index >= 15 is 0 Å². The first-order valence-corrected chi connectivity index (χ1v) is 17.8. The van der Waals surface area contributed by atoms with Crippen molar-refractivity contribution in [1.29, 1.82) is 0 Å². The maximum Gasteiger partial charge on any atom is 0.312 e. The lowest BCUT2D eigenvalue weighted by atomic mass is 9.95. The van der Waals surface area contributed by atoms with Crippen molar-refractivity contribution in [2.75, 3.05) is 26.2 Å². The molecule has 0 spiro atoms. The Labute approximate surface area is 264 Å². The van der Waals surface area contributed by atoms with E-state index in [9.17, 15) is 29.7 Å². The Hall–Kier alpha value is -1.89. The summed E-state index contributed by atoms with van der Waals surface area (Å²) in [5.41, 5.74) is 0. The lowest BCUT2D eigenvalue weighted by Gasteiger charge is -2.43. The maximum absolute atomic E-state index is 12.0. The van der Waals surface area contributed by atoms with Gasteiger partial charge in [-0.05, 0) is 57.8 Å². The summed E-state index contributed by atoms with van der Waals surface area (Å²) in [6, 6.07) is 0. The third-order valence-electron chi connectivity index (χ3n) is 9.24. The van der Waals surface area contributed by atoms with Crippen LogP contribution in [0.15, 0.2) is 12.2 Å². The zero-order valence-corrected chi connectivity index (χ0v) is 28.4. The number of carbonyl (C=O) groups is 3. The van der Waals surface area contributed by atoms with Crippen LogP contribution in [0.3, 0.4) is 0 Å². The molecule has 0 aliphatic carbocycles. The number of aliphatic carboxylic acids is 3. The molecule has 0 saturated heterocycles. The standard InChI is InChI=1S/C36H67NO6/c1-5-9-10-11-12-13-14-15-16-17-18-19-20-21-22-23-24-25-26-27-37(28-31(6-2)34(38)39,29-32(7-3)35(40)41)30-33(8-4)36(42)43/h15-16,31-33H,5-14,17-30H2,1-4H3,(H2-,38,39,40,41,42,43)/p+1/b16-15+. The fourth-order valence-corrected chi connectivity index (χ4v) is 6.27. The van der Waals surface area contributed by atoms with Gasteiger partial charge in [-0.15, -0.1) is 0 Å². The molecule has 43 heavy (non-hydrogen) atoms. The molecule has 0 aliphatic heterocycles. The van der Waals surface area contributed by atoms with Crippen molar-refractivity contribution in [2.45, 2.75) is 156 Å². The summed E-state index contributed by atoms with van der Waals surface area (Å²) in [6.45, 7) is 9.26. The van der Waals surface area contributed by atoms with Crippen molar-refractivity contribution in [3.05, 3.63) is 12.2 Å². The summed E-state index contributed by atoms with van der Waals surface area (Å²) in [4.78, 5) is 36.0. The fourth-order valence-electron chi connectivity index (χ4n) is 6.27. The highest BCUT2D eigenvalue weighted by atomic mass is 16.4. The summed E-state index contributed by atoms with van der Waals surface area (Å²) in [7, 11) is 0. The molecule has 0 aromatic carbocycles. The average molecular weight is 611 g/mol. The summed E-state index contributed by atoms with van der Waals surface area (Å²) >= 11 is 0. The minimum atomic E-state index is -0.888. The highest BCUT2D eigenvalue weighted by molar-refractivity contribution is 5.71. The number of carboxylic acid groups (broad SMARTS) is 3. The van der Waals surface area contributed by atoms with Crippen molar-refractivity contribution in [2.24, 2.45) is 17.8 Å². The van der Waals surface area contributed by atoms with E-state index < -0.39 is 35.7 Å². The van der Waals surface area contributed by atoms with Crippen LogP contribution in [-0.4, -0.2) is 63.9 Å². The molecule has 0 amide bonds. The van der Waals surface area contributed by atoms with Gasteiger partial charge < -0.3 is 19.8 Å². The van der Waals surface area contributed by atoms with E-state index in [0.29, 0.717) is 25.8 Å². The Morgan fingerprint density at radius 3 is 1.09 bits per heavy atom. The van der Waals surface area contributed by atoms with Crippen LogP contribution in [0, 0.1) is 17.8 Å². The lowest BCUT2D eigenvalue weighted by molar-refractivity contribution is -0.935. The van der Waals surface area contributed by atoms with E-state index in [2.05, 4.69) is 19.1 Å². The minimum absolute atomic E-state index is 0.258. The van der Waals surface area contributed by atoms with Crippen molar-refractivity contribution in [1.82, 2.24) is 0 Å². The van der Waals surface area contributed by atoms with Gasteiger partial charge in [0.1, 0.15) is 17.8 Å². The topological polar surface area (TPSA) is 112 Å². The number of allylic oxidation sites excluding steroid dienone is 2. The van der Waals surface area contributed by atoms with E-state index in [1.165, 1.54) is 89.9 Å². The predicted molar refractivity (Wildman–Crippen MR) is 177 cm³/mol. The molecule has 0 radical (unpaired) electrons. The van der Waals surface area contributed by atoms with E-state index in [1.807, 2.05) is 20.8 Å².